The lowest BCUT2D eigenvalue weighted by Crippen LogP contribution is -2.36. The number of aryl methyl sites for hydroxylation is 2. The van der Waals surface area contributed by atoms with Gasteiger partial charge in [-0.25, -0.2) is 13.4 Å². The van der Waals surface area contributed by atoms with Crippen molar-refractivity contribution >= 4 is 16.0 Å². The van der Waals surface area contributed by atoms with E-state index in [1.54, 1.807) is 18.4 Å². The van der Waals surface area contributed by atoms with E-state index in [-0.39, 0.29) is 11.6 Å². The van der Waals surface area contributed by atoms with Crippen LogP contribution in [0.2, 0.25) is 0 Å². The lowest BCUT2D eigenvalue weighted by Gasteiger charge is -2.17. The molecule has 108 valence electrons. The Morgan fingerprint density at radius 1 is 1.47 bits per heavy atom. The Morgan fingerprint density at radius 3 is 2.53 bits per heavy atom. The number of aromatic nitrogens is 2. The van der Waals surface area contributed by atoms with Crippen molar-refractivity contribution in [2.45, 2.75) is 38.8 Å². The van der Waals surface area contributed by atoms with Gasteiger partial charge in [-0.3, -0.25) is 4.79 Å². The minimum Gasteiger partial charge on any atom is -0.480 e. The molecule has 0 saturated carbocycles. The van der Waals surface area contributed by atoms with Crippen molar-refractivity contribution in [3.63, 3.8) is 0 Å². The average Bonchev–Trinajstić information content (AvgIpc) is 2.70. The summed E-state index contributed by atoms with van der Waals surface area (Å²) in [5.41, 5.74) is 0. The Labute approximate surface area is 112 Å². The maximum absolute atomic E-state index is 12.3. The normalized spacial score (nSPS) is 12.0. The highest BCUT2D eigenvalue weighted by atomic mass is 32.2. The van der Waals surface area contributed by atoms with Gasteiger partial charge in [0.15, 0.2) is 5.03 Å². The fraction of sp³-hybridized carbons (Fsp3) is 0.636. The van der Waals surface area contributed by atoms with Crippen LogP contribution in [0.15, 0.2) is 11.2 Å². The van der Waals surface area contributed by atoms with Gasteiger partial charge in [0.05, 0.1) is 0 Å². The molecule has 0 amide bonds. The summed E-state index contributed by atoms with van der Waals surface area (Å²) < 4.78 is 27.3. The van der Waals surface area contributed by atoms with Crippen LogP contribution in [0, 0.1) is 6.92 Å². The molecule has 0 unspecified atom stereocenters. The van der Waals surface area contributed by atoms with Gasteiger partial charge in [0, 0.05) is 19.3 Å². The van der Waals surface area contributed by atoms with Crippen molar-refractivity contribution in [1.29, 1.82) is 0 Å². The van der Waals surface area contributed by atoms with E-state index in [9.17, 15) is 13.2 Å². The summed E-state index contributed by atoms with van der Waals surface area (Å²) in [5, 5.41) is 8.70. The second-order valence-electron chi connectivity index (χ2n) is 4.14. The quantitative estimate of drug-likeness (QED) is 0.797. The van der Waals surface area contributed by atoms with Crippen LogP contribution in [0.1, 0.15) is 26.1 Å². The predicted octanol–water partition coefficient (Wildman–Crippen LogP) is 0.697. The molecule has 0 aliphatic rings. The van der Waals surface area contributed by atoms with Crippen LogP contribution >= 0.6 is 0 Å². The first-order valence-electron chi connectivity index (χ1n) is 6.08. The second kappa shape index (κ2) is 6.16. The topological polar surface area (TPSA) is 92.5 Å². The Morgan fingerprint density at radius 2 is 2.11 bits per heavy atom. The molecule has 0 fully saturated rings. The molecular formula is C11H19N3O4S. The molecule has 0 spiro atoms. The number of imidazole rings is 1. The summed E-state index contributed by atoms with van der Waals surface area (Å²) in [4.78, 5) is 14.8. The molecule has 0 aromatic carbocycles. The van der Waals surface area contributed by atoms with Gasteiger partial charge in [-0.2, -0.15) is 4.31 Å². The highest BCUT2D eigenvalue weighted by molar-refractivity contribution is 7.89. The lowest BCUT2D eigenvalue weighted by atomic mass is 10.5. The van der Waals surface area contributed by atoms with Crippen molar-refractivity contribution in [2.75, 3.05) is 13.1 Å². The van der Waals surface area contributed by atoms with Crippen LogP contribution in [0.4, 0.5) is 0 Å². The summed E-state index contributed by atoms with van der Waals surface area (Å²) in [6, 6.07) is 0. The van der Waals surface area contributed by atoms with E-state index in [0.29, 0.717) is 18.8 Å². The van der Waals surface area contributed by atoms with Gasteiger partial charge in [0.25, 0.3) is 10.0 Å². The molecule has 0 saturated heterocycles. The molecule has 0 aliphatic heterocycles. The standard InChI is InChI=1S/C11H19N3O4S/c1-4-6-14(8-11(15)16)19(17,18)10-7-13(5-2)9(3)12-10/h7H,4-6,8H2,1-3H3,(H,15,16). The van der Waals surface area contributed by atoms with Gasteiger partial charge >= 0.3 is 5.97 Å². The molecule has 8 heteroatoms. The van der Waals surface area contributed by atoms with E-state index in [0.717, 1.165) is 4.31 Å². The van der Waals surface area contributed by atoms with Gasteiger partial charge in [-0.15, -0.1) is 0 Å². The summed E-state index contributed by atoms with van der Waals surface area (Å²) >= 11 is 0. The number of carboxylic acid groups (broad SMARTS) is 1. The van der Waals surface area contributed by atoms with E-state index in [1.165, 1.54) is 6.20 Å². The molecule has 0 atom stereocenters. The Kier molecular flexibility index (Phi) is 5.07. The number of hydrogen-bond acceptors (Lipinski definition) is 4. The molecule has 1 aromatic heterocycles. The average molecular weight is 289 g/mol. The van der Waals surface area contributed by atoms with E-state index >= 15 is 0 Å². The van der Waals surface area contributed by atoms with Crippen molar-refractivity contribution in [1.82, 2.24) is 13.9 Å². The fourth-order valence-electron chi connectivity index (χ4n) is 1.74. The third-order valence-corrected chi connectivity index (χ3v) is 4.40. The van der Waals surface area contributed by atoms with E-state index < -0.39 is 22.5 Å². The minimum absolute atomic E-state index is 0.0958. The first-order valence-corrected chi connectivity index (χ1v) is 7.52. The smallest absolute Gasteiger partial charge is 0.318 e. The summed E-state index contributed by atoms with van der Waals surface area (Å²) in [6.07, 6.45) is 1.98. The van der Waals surface area contributed by atoms with E-state index in [2.05, 4.69) is 4.98 Å². The largest absolute Gasteiger partial charge is 0.480 e. The second-order valence-corrected chi connectivity index (χ2v) is 6.03. The van der Waals surface area contributed by atoms with Crippen LogP contribution in [0.3, 0.4) is 0 Å². The van der Waals surface area contributed by atoms with Crippen LogP contribution < -0.4 is 0 Å². The zero-order chi connectivity index (χ0) is 14.6. The lowest BCUT2D eigenvalue weighted by molar-refractivity contribution is -0.137. The van der Waals surface area contributed by atoms with Crippen LogP contribution in [0.5, 0.6) is 0 Å². The first-order chi connectivity index (χ1) is 8.82. The Bertz CT molecular complexity index is 550. The van der Waals surface area contributed by atoms with Crippen LogP contribution in [0.25, 0.3) is 0 Å². The predicted molar refractivity (Wildman–Crippen MR) is 69.3 cm³/mol. The van der Waals surface area contributed by atoms with Crippen LogP contribution in [-0.4, -0.2) is 46.4 Å². The molecular weight excluding hydrogens is 270 g/mol. The number of carbonyl (C=O) groups is 1. The van der Waals surface area contributed by atoms with E-state index in [1.807, 2.05) is 6.92 Å². The number of carboxylic acids is 1. The van der Waals surface area contributed by atoms with Crippen molar-refractivity contribution in [3.8, 4) is 0 Å². The zero-order valence-electron chi connectivity index (χ0n) is 11.3. The number of aliphatic carboxylic acids is 1. The highest BCUT2D eigenvalue weighted by Gasteiger charge is 2.28. The van der Waals surface area contributed by atoms with Crippen LogP contribution in [-0.2, 0) is 21.4 Å². The third kappa shape index (κ3) is 3.54. The summed E-state index contributed by atoms with van der Waals surface area (Å²) in [7, 11) is -3.85. The maximum Gasteiger partial charge on any atom is 0.318 e. The molecule has 1 heterocycles. The van der Waals surface area contributed by atoms with Gasteiger partial charge in [0.2, 0.25) is 0 Å². The van der Waals surface area contributed by atoms with Gasteiger partial charge in [0.1, 0.15) is 12.4 Å². The fourth-order valence-corrected chi connectivity index (χ4v) is 3.22. The van der Waals surface area contributed by atoms with E-state index in [4.69, 9.17) is 5.11 Å². The number of nitrogens with zero attached hydrogens (tertiary/aromatic N) is 3. The number of rotatable bonds is 7. The summed E-state index contributed by atoms with van der Waals surface area (Å²) in [6.45, 7) is 5.61. The summed E-state index contributed by atoms with van der Waals surface area (Å²) in [5.74, 6) is -0.587. The van der Waals surface area contributed by atoms with Gasteiger partial charge in [-0.05, 0) is 20.3 Å². The number of sulfonamides is 1. The molecule has 19 heavy (non-hydrogen) atoms. The highest BCUT2D eigenvalue weighted by Crippen LogP contribution is 2.15. The SMILES string of the molecule is CCCN(CC(=O)O)S(=O)(=O)c1cn(CC)c(C)n1. The number of hydrogen-bond donors (Lipinski definition) is 1. The molecule has 1 aromatic rings. The Hall–Kier alpha value is -1.41. The zero-order valence-corrected chi connectivity index (χ0v) is 12.1. The van der Waals surface area contributed by atoms with Crippen molar-refractivity contribution in [2.24, 2.45) is 0 Å². The molecule has 0 aliphatic carbocycles. The molecule has 0 bridgehead atoms. The Balaban J connectivity index is 3.14. The van der Waals surface area contributed by atoms with Crippen molar-refractivity contribution < 1.29 is 18.3 Å². The third-order valence-electron chi connectivity index (χ3n) is 2.68. The molecule has 1 rings (SSSR count). The molecule has 1 N–H and O–H groups in total. The molecule has 7 nitrogen and oxygen atoms in total. The first kappa shape index (κ1) is 15.6. The minimum atomic E-state index is -3.85. The van der Waals surface area contributed by atoms with Gasteiger partial charge in [-0.1, -0.05) is 6.92 Å². The van der Waals surface area contributed by atoms with Gasteiger partial charge < -0.3 is 9.67 Å². The molecule has 0 radical (unpaired) electrons. The maximum atomic E-state index is 12.3. The monoisotopic (exact) mass is 289 g/mol. The van der Waals surface area contributed by atoms with Crippen molar-refractivity contribution in [3.05, 3.63) is 12.0 Å².